The van der Waals surface area contributed by atoms with Gasteiger partial charge < -0.3 is 19.4 Å². The molecule has 2 aromatic heterocycles. The number of aryl methyl sites for hydroxylation is 2. The Bertz CT molecular complexity index is 999. The van der Waals surface area contributed by atoms with Gasteiger partial charge in [0, 0.05) is 18.9 Å². The van der Waals surface area contributed by atoms with Gasteiger partial charge in [-0.05, 0) is 38.7 Å². The number of nitrogens with zero attached hydrogens (tertiary/aromatic N) is 4. The number of ether oxygens (including phenoxy) is 2. The van der Waals surface area contributed by atoms with E-state index in [1.165, 1.54) is 16.8 Å². The second kappa shape index (κ2) is 8.53. The van der Waals surface area contributed by atoms with Gasteiger partial charge in [-0.3, -0.25) is 4.79 Å². The fourth-order valence-corrected chi connectivity index (χ4v) is 3.13. The summed E-state index contributed by atoms with van der Waals surface area (Å²) in [6.07, 6.45) is 3.41. The van der Waals surface area contributed by atoms with Gasteiger partial charge in [0.25, 0.3) is 5.56 Å². The van der Waals surface area contributed by atoms with Crippen LogP contribution >= 0.6 is 0 Å². The van der Waals surface area contributed by atoms with Gasteiger partial charge in [0.2, 0.25) is 5.88 Å². The molecule has 29 heavy (non-hydrogen) atoms. The number of methoxy groups -OCH3 is 1. The lowest BCUT2D eigenvalue weighted by Crippen LogP contribution is -2.31. The van der Waals surface area contributed by atoms with Crippen molar-refractivity contribution in [1.82, 2.24) is 14.5 Å². The molecule has 1 unspecified atom stereocenters. The Morgan fingerprint density at radius 1 is 1.38 bits per heavy atom. The molecule has 1 aliphatic rings. The summed E-state index contributed by atoms with van der Waals surface area (Å²) in [5, 5.41) is 12.2. The van der Waals surface area contributed by atoms with Crippen molar-refractivity contribution in [2.75, 3.05) is 19.0 Å². The number of anilines is 2. The van der Waals surface area contributed by atoms with Gasteiger partial charge >= 0.3 is 6.61 Å². The van der Waals surface area contributed by atoms with Crippen molar-refractivity contribution in [2.24, 2.45) is 5.92 Å². The molecule has 0 spiro atoms. The van der Waals surface area contributed by atoms with E-state index in [-0.39, 0.29) is 23.4 Å². The maximum atomic E-state index is 13.0. The molecular formula is C19H21F2N5O3. The second-order valence-electron chi connectivity index (χ2n) is 6.91. The van der Waals surface area contributed by atoms with E-state index in [1.54, 1.807) is 21.0 Å². The zero-order valence-electron chi connectivity index (χ0n) is 16.3. The molecule has 2 aromatic rings. The third-order valence-electron chi connectivity index (χ3n) is 4.72. The van der Waals surface area contributed by atoms with Crippen LogP contribution < -0.4 is 15.6 Å². The Morgan fingerprint density at radius 3 is 2.69 bits per heavy atom. The summed E-state index contributed by atoms with van der Waals surface area (Å²) in [6.45, 7) is 0.512. The van der Waals surface area contributed by atoms with Crippen LogP contribution in [0, 0.1) is 31.1 Å². The molecule has 8 nitrogen and oxygen atoms in total. The number of aromatic nitrogens is 3. The monoisotopic (exact) mass is 405 g/mol. The average Bonchev–Trinajstić information content (AvgIpc) is 3.50. The van der Waals surface area contributed by atoms with E-state index in [0.29, 0.717) is 29.5 Å². The molecule has 0 bridgehead atoms. The summed E-state index contributed by atoms with van der Waals surface area (Å²) in [5.41, 5.74) is 0.796. The maximum absolute atomic E-state index is 13.0. The molecule has 0 saturated heterocycles. The topological polar surface area (TPSA) is 102 Å². The first-order valence-electron chi connectivity index (χ1n) is 9.06. The Hall–Kier alpha value is -3.06. The molecule has 0 radical (unpaired) electrons. The van der Waals surface area contributed by atoms with Crippen molar-refractivity contribution in [3.05, 3.63) is 39.6 Å². The first-order chi connectivity index (χ1) is 13.8. The summed E-state index contributed by atoms with van der Waals surface area (Å²) >= 11 is 0. The van der Waals surface area contributed by atoms with Crippen LogP contribution in [-0.4, -0.2) is 34.9 Å². The molecule has 0 aliphatic heterocycles. The molecule has 1 aliphatic carbocycles. The minimum atomic E-state index is -2.99. The van der Waals surface area contributed by atoms with E-state index in [4.69, 9.17) is 4.74 Å². The van der Waals surface area contributed by atoms with E-state index >= 15 is 0 Å². The van der Waals surface area contributed by atoms with Gasteiger partial charge in [-0.15, -0.1) is 0 Å². The molecule has 0 amide bonds. The normalized spacial score (nSPS) is 14.5. The van der Waals surface area contributed by atoms with Crippen LogP contribution in [0.5, 0.6) is 5.88 Å². The summed E-state index contributed by atoms with van der Waals surface area (Å²) in [6, 6.07) is 3.31. The molecule has 1 saturated carbocycles. The lowest BCUT2D eigenvalue weighted by Gasteiger charge is -2.20. The summed E-state index contributed by atoms with van der Waals surface area (Å²) in [7, 11) is 1.56. The fourth-order valence-electron chi connectivity index (χ4n) is 3.13. The van der Waals surface area contributed by atoms with Crippen LogP contribution in [-0.2, 0) is 4.74 Å². The Balaban J connectivity index is 1.99. The first kappa shape index (κ1) is 20.7. The number of nitriles is 1. The highest BCUT2D eigenvalue weighted by atomic mass is 19.3. The first-order valence-corrected chi connectivity index (χ1v) is 9.06. The van der Waals surface area contributed by atoms with Crippen LogP contribution in [0.3, 0.4) is 0 Å². The molecule has 1 atom stereocenters. The van der Waals surface area contributed by atoms with Crippen LogP contribution in [0.15, 0.2) is 17.1 Å². The summed E-state index contributed by atoms with van der Waals surface area (Å²) in [4.78, 5) is 21.1. The SMILES string of the molecule is COCC(C1CC1)n1cc(C#N)nc(Nc2cc(C)c(OC(F)F)nc2C)c1=O. The molecule has 154 valence electrons. The molecule has 2 heterocycles. The van der Waals surface area contributed by atoms with Crippen molar-refractivity contribution in [3.8, 4) is 11.9 Å². The van der Waals surface area contributed by atoms with Gasteiger partial charge in [0.15, 0.2) is 11.5 Å². The molecule has 3 rings (SSSR count). The highest BCUT2D eigenvalue weighted by Crippen LogP contribution is 2.39. The number of alkyl halides is 2. The summed E-state index contributed by atoms with van der Waals surface area (Å²) in [5.74, 6) is 0.0802. The zero-order chi connectivity index (χ0) is 21.1. The van der Waals surface area contributed by atoms with Gasteiger partial charge in [-0.1, -0.05) is 0 Å². The Labute approximate surface area is 166 Å². The largest absolute Gasteiger partial charge is 0.417 e. The lowest BCUT2D eigenvalue weighted by molar-refractivity contribution is -0.0533. The highest BCUT2D eigenvalue weighted by Gasteiger charge is 2.33. The highest BCUT2D eigenvalue weighted by molar-refractivity contribution is 5.60. The Morgan fingerprint density at radius 2 is 2.10 bits per heavy atom. The van der Waals surface area contributed by atoms with Crippen molar-refractivity contribution in [2.45, 2.75) is 39.3 Å². The van der Waals surface area contributed by atoms with E-state index in [0.717, 1.165) is 12.8 Å². The Kier molecular flexibility index (Phi) is 6.08. The number of pyridine rings is 1. The molecule has 1 fully saturated rings. The van der Waals surface area contributed by atoms with Crippen LogP contribution in [0.4, 0.5) is 20.3 Å². The minimum Gasteiger partial charge on any atom is -0.417 e. The van der Waals surface area contributed by atoms with Gasteiger partial charge in [0.1, 0.15) is 6.07 Å². The van der Waals surface area contributed by atoms with Crippen molar-refractivity contribution in [1.29, 1.82) is 5.26 Å². The van der Waals surface area contributed by atoms with E-state index < -0.39 is 12.2 Å². The third kappa shape index (κ3) is 4.68. The molecular weight excluding hydrogens is 384 g/mol. The van der Waals surface area contributed by atoms with Crippen molar-refractivity contribution < 1.29 is 18.3 Å². The van der Waals surface area contributed by atoms with Crippen LogP contribution in [0.2, 0.25) is 0 Å². The van der Waals surface area contributed by atoms with Crippen LogP contribution in [0.25, 0.3) is 0 Å². The number of hydrogen-bond acceptors (Lipinski definition) is 7. The number of rotatable bonds is 8. The van der Waals surface area contributed by atoms with E-state index in [2.05, 4.69) is 20.0 Å². The summed E-state index contributed by atoms with van der Waals surface area (Å²) < 4.78 is 36.1. The predicted molar refractivity (Wildman–Crippen MR) is 100 cm³/mol. The smallest absolute Gasteiger partial charge is 0.388 e. The van der Waals surface area contributed by atoms with Gasteiger partial charge in [-0.25, -0.2) is 9.97 Å². The van der Waals surface area contributed by atoms with Crippen molar-refractivity contribution >= 4 is 11.5 Å². The van der Waals surface area contributed by atoms with E-state index in [1.807, 2.05) is 6.07 Å². The average molecular weight is 405 g/mol. The number of hydrogen-bond donors (Lipinski definition) is 1. The van der Waals surface area contributed by atoms with Crippen LogP contribution in [0.1, 0.15) is 35.8 Å². The maximum Gasteiger partial charge on any atom is 0.388 e. The van der Waals surface area contributed by atoms with Gasteiger partial charge in [-0.2, -0.15) is 14.0 Å². The van der Waals surface area contributed by atoms with E-state index in [9.17, 15) is 18.8 Å². The number of nitrogens with one attached hydrogen (secondary N) is 1. The zero-order valence-corrected chi connectivity index (χ0v) is 16.3. The lowest BCUT2D eigenvalue weighted by atomic mass is 10.2. The molecule has 0 aromatic carbocycles. The fraction of sp³-hybridized carbons (Fsp3) is 0.474. The third-order valence-corrected chi connectivity index (χ3v) is 4.72. The quantitative estimate of drug-likeness (QED) is 0.720. The molecule has 1 N–H and O–H groups in total. The number of halogens is 2. The predicted octanol–water partition coefficient (Wildman–Crippen LogP) is 3.07. The molecule has 10 heteroatoms. The van der Waals surface area contributed by atoms with Gasteiger partial charge in [0.05, 0.1) is 24.0 Å². The van der Waals surface area contributed by atoms with Crippen molar-refractivity contribution in [3.63, 3.8) is 0 Å². The standard InChI is InChI=1S/C19H21F2N5O3/c1-10-6-14(11(2)23-17(10)29-19(20)21)25-16-18(27)26(8-13(7-22)24-16)15(9-28-3)12-4-5-12/h6,8,12,15,19H,4-5,9H2,1-3H3,(H,24,25). The minimum absolute atomic E-state index is 0.0439. The second-order valence-corrected chi connectivity index (χ2v) is 6.91.